The Hall–Kier alpha value is -1.59. The van der Waals surface area contributed by atoms with Crippen molar-refractivity contribution in [3.8, 4) is 0 Å². The summed E-state index contributed by atoms with van der Waals surface area (Å²) in [5.74, 6) is 0. The Labute approximate surface area is 143 Å². The van der Waals surface area contributed by atoms with Crippen LogP contribution in [0.5, 0.6) is 0 Å². The molecule has 2 aliphatic rings. The third kappa shape index (κ3) is 4.28. The van der Waals surface area contributed by atoms with Crippen LogP contribution in [0.15, 0.2) is 30.3 Å². The lowest BCUT2D eigenvalue weighted by Gasteiger charge is -2.46. The fourth-order valence-electron chi connectivity index (χ4n) is 3.29. The molecule has 2 unspecified atom stereocenters. The number of hydrogen-bond acceptors (Lipinski definition) is 4. The van der Waals surface area contributed by atoms with Crippen molar-refractivity contribution < 1.29 is 19.0 Å². The standard InChI is InChI=1S/C19H27NO4/c1-19(2,3)24-18(21)20-12-17(16-11-15(20)9-10-22-16)23-13-14-7-5-4-6-8-14/h4-8,15-17H,9-13H2,1-3H3/t15-,16?,17?/m1/s1. The van der Waals surface area contributed by atoms with Crippen LogP contribution >= 0.6 is 0 Å². The van der Waals surface area contributed by atoms with Crippen molar-refractivity contribution in [2.75, 3.05) is 13.2 Å². The van der Waals surface area contributed by atoms with Gasteiger partial charge in [0.25, 0.3) is 0 Å². The Kier molecular flexibility index (Phi) is 5.11. The lowest BCUT2D eigenvalue weighted by molar-refractivity contribution is -0.152. The molecular weight excluding hydrogens is 306 g/mol. The predicted molar refractivity (Wildman–Crippen MR) is 90.7 cm³/mol. The average molecular weight is 333 g/mol. The minimum absolute atomic E-state index is 0.0612. The molecule has 2 saturated heterocycles. The van der Waals surface area contributed by atoms with Crippen molar-refractivity contribution in [1.29, 1.82) is 0 Å². The third-order valence-corrected chi connectivity index (χ3v) is 4.45. The van der Waals surface area contributed by atoms with E-state index in [1.807, 2.05) is 56.0 Å². The largest absolute Gasteiger partial charge is 0.444 e. The summed E-state index contributed by atoms with van der Waals surface area (Å²) in [4.78, 5) is 14.4. The van der Waals surface area contributed by atoms with Gasteiger partial charge in [0, 0.05) is 12.6 Å². The molecule has 0 spiro atoms. The van der Waals surface area contributed by atoms with E-state index in [1.54, 1.807) is 0 Å². The van der Waals surface area contributed by atoms with Gasteiger partial charge >= 0.3 is 6.09 Å². The Morgan fingerprint density at radius 2 is 2.04 bits per heavy atom. The van der Waals surface area contributed by atoms with Crippen LogP contribution in [0.2, 0.25) is 0 Å². The first-order valence-corrected chi connectivity index (χ1v) is 8.69. The number of likely N-dealkylation sites (tertiary alicyclic amines) is 1. The maximum absolute atomic E-state index is 12.5. The summed E-state index contributed by atoms with van der Waals surface area (Å²) in [6, 6.07) is 10.3. The first-order valence-electron chi connectivity index (χ1n) is 8.69. The number of hydrogen-bond donors (Lipinski definition) is 0. The normalized spacial score (nSPS) is 27.0. The van der Waals surface area contributed by atoms with Crippen molar-refractivity contribution in [2.24, 2.45) is 0 Å². The predicted octanol–water partition coefficient (Wildman–Crippen LogP) is 3.37. The van der Waals surface area contributed by atoms with E-state index in [0.29, 0.717) is 19.8 Å². The first-order chi connectivity index (χ1) is 11.4. The number of carbonyl (C=O) groups is 1. The molecule has 5 nitrogen and oxygen atoms in total. The molecule has 0 radical (unpaired) electrons. The molecule has 0 aromatic heterocycles. The highest BCUT2D eigenvalue weighted by Gasteiger charge is 2.42. The summed E-state index contributed by atoms with van der Waals surface area (Å²) in [6.45, 7) is 7.40. The van der Waals surface area contributed by atoms with Crippen molar-refractivity contribution in [2.45, 2.75) is 64.1 Å². The molecule has 2 bridgehead atoms. The minimum Gasteiger partial charge on any atom is -0.444 e. The third-order valence-electron chi connectivity index (χ3n) is 4.45. The van der Waals surface area contributed by atoms with Gasteiger partial charge in [-0.1, -0.05) is 30.3 Å². The summed E-state index contributed by atoms with van der Waals surface area (Å²) in [7, 11) is 0. The molecule has 1 aromatic carbocycles. The molecule has 132 valence electrons. The van der Waals surface area contributed by atoms with Crippen LogP contribution in [0, 0.1) is 0 Å². The molecule has 0 saturated carbocycles. The zero-order valence-electron chi connectivity index (χ0n) is 14.7. The molecule has 5 heteroatoms. The van der Waals surface area contributed by atoms with Crippen molar-refractivity contribution in [3.63, 3.8) is 0 Å². The summed E-state index contributed by atoms with van der Waals surface area (Å²) < 4.78 is 17.5. The van der Waals surface area contributed by atoms with Gasteiger partial charge in [-0.25, -0.2) is 4.79 Å². The van der Waals surface area contributed by atoms with Crippen LogP contribution in [0.4, 0.5) is 4.79 Å². The van der Waals surface area contributed by atoms with Crippen LogP contribution in [0.25, 0.3) is 0 Å². The van der Waals surface area contributed by atoms with Crippen molar-refractivity contribution in [1.82, 2.24) is 4.90 Å². The van der Waals surface area contributed by atoms with Gasteiger partial charge in [0.2, 0.25) is 0 Å². The van der Waals surface area contributed by atoms with E-state index < -0.39 is 5.60 Å². The highest BCUT2D eigenvalue weighted by Crippen LogP contribution is 2.30. The van der Waals surface area contributed by atoms with Crippen LogP contribution in [-0.2, 0) is 20.8 Å². The molecule has 2 fully saturated rings. The molecule has 1 amide bonds. The molecule has 0 aliphatic carbocycles. The lowest BCUT2D eigenvalue weighted by Crippen LogP contribution is -2.59. The van der Waals surface area contributed by atoms with E-state index >= 15 is 0 Å². The lowest BCUT2D eigenvalue weighted by atomic mass is 9.93. The van der Waals surface area contributed by atoms with E-state index in [-0.39, 0.29) is 24.3 Å². The number of piperidine rings is 1. The molecule has 2 heterocycles. The summed E-state index contributed by atoms with van der Waals surface area (Å²) in [6.07, 6.45) is 1.38. The maximum Gasteiger partial charge on any atom is 0.410 e. The zero-order valence-corrected chi connectivity index (χ0v) is 14.7. The number of benzene rings is 1. The Morgan fingerprint density at radius 3 is 2.75 bits per heavy atom. The quantitative estimate of drug-likeness (QED) is 0.851. The van der Waals surface area contributed by atoms with Crippen LogP contribution in [0.3, 0.4) is 0 Å². The van der Waals surface area contributed by atoms with Crippen LogP contribution < -0.4 is 0 Å². The number of amides is 1. The number of nitrogens with zero attached hydrogens (tertiary/aromatic N) is 1. The van der Waals surface area contributed by atoms with Crippen LogP contribution in [0.1, 0.15) is 39.2 Å². The molecule has 2 aliphatic heterocycles. The van der Waals surface area contributed by atoms with Crippen molar-refractivity contribution >= 4 is 6.09 Å². The maximum atomic E-state index is 12.5. The monoisotopic (exact) mass is 333 g/mol. The second kappa shape index (κ2) is 7.11. The van der Waals surface area contributed by atoms with Crippen molar-refractivity contribution in [3.05, 3.63) is 35.9 Å². The molecule has 0 N–H and O–H groups in total. The van der Waals surface area contributed by atoms with Gasteiger partial charge < -0.3 is 19.1 Å². The topological polar surface area (TPSA) is 48.0 Å². The Balaban J connectivity index is 1.65. The van der Waals surface area contributed by atoms with Crippen LogP contribution in [-0.4, -0.2) is 48.0 Å². The Morgan fingerprint density at radius 1 is 1.29 bits per heavy atom. The number of fused-ring (bicyclic) bond motifs is 2. The number of ether oxygens (including phenoxy) is 3. The van der Waals surface area contributed by atoms with E-state index in [2.05, 4.69) is 0 Å². The first kappa shape index (κ1) is 17.2. The highest BCUT2D eigenvalue weighted by molar-refractivity contribution is 5.69. The van der Waals surface area contributed by atoms with Gasteiger partial charge in [0.05, 0.1) is 19.3 Å². The van der Waals surface area contributed by atoms with E-state index in [9.17, 15) is 4.79 Å². The van der Waals surface area contributed by atoms with Gasteiger partial charge in [0.1, 0.15) is 11.7 Å². The highest BCUT2D eigenvalue weighted by atomic mass is 16.6. The number of rotatable bonds is 3. The molecular formula is C19H27NO4. The second-order valence-electron chi connectivity index (χ2n) is 7.56. The molecule has 3 rings (SSSR count). The fraction of sp³-hybridized carbons (Fsp3) is 0.632. The molecule has 3 atom stereocenters. The summed E-state index contributed by atoms with van der Waals surface area (Å²) in [5.41, 5.74) is 0.638. The second-order valence-corrected chi connectivity index (χ2v) is 7.56. The molecule has 24 heavy (non-hydrogen) atoms. The van der Waals surface area contributed by atoms with E-state index in [4.69, 9.17) is 14.2 Å². The van der Waals surface area contributed by atoms with E-state index in [1.165, 1.54) is 0 Å². The van der Waals surface area contributed by atoms with Gasteiger partial charge in [-0.3, -0.25) is 0 Å². The summed E-state index contributed by atoms with van der Waals surface area (Å²) >= 11 is 0. The SMILES string of the molecule is CC(C)(C)OC(=O)N1CC(OCc2ccccc2)C2C[C@H]1CCO2. The van der Waals surface area contributed by atoms with Gasteiger partial charge in [-0.2, -0.15) is 0 Å². The molecule has 1 aromatic rings. The number of carbonyl (C=O) groups excluding carboxylic acids is 1. The summed E-state index contributed by atoms with van der Waals surface area (Å²) in [5, 5.41) is 0. The van der Waals surface area contributed by atoms with Gasteiger partial charge in [0.15, 0.2) is 0 Å². The average Bonchev–Trinajstić information content (AvgIpc) is 2.54. The van der Waals surface area contributed by atoms with E-state index in [0.717, 1.165) is 18.4 Å². The zero-order chi connectivity index (χ0) is 17.2. The minimum atomic E-state index is -0.487. The van der Waals surface area contributed by atoms with Gasteiger partial charge in [-0.15, -0.1) is 0 Å². The fourth-order valence-corrected chi connectivity index (χ4v) is 3.29. The Bertz CT molecular complexity index is 554. The smallest absolute Gasteiger partial charge is 0.410 e. The van der Waals surface area contributed by atoms with Gasteiger partial charge in [-0.05, 0) is 39.2 Å².